The summed E-state index contributed by atoms with van der Waals surface area (Å²) in [6.07, 6.45) is 0.182. The van der Waals surface area contributed by atoms with Crippen molar-refractivity contribution in [3.63, 3.8) is 0 Å². The number of anilines is 1. The molecule has 15 heavy (non-hydrogen) atoms. The fraction of sp³-hybridized carbons (Fsp3) is 0.364. The molecule has 0 bridgehead atoms. The summed E-state index contributed by atoms with van der Waals surface area (Å²) < 4.78 is 0. The third-order valence-corrected chi connectivity index (χ3v) is 2.26. The first kappa shape index (κ1) is 11.5. The van der Waals surface area contributed by atoms with Crippen LogP contribution in [0.4, 0.5) is 5.69 Å². The third-order valence-electron chi connectivity index (χ3n) is 2.26. The van der Waals surface area contributed by atoms with Crippen molar-refractivity contribution in [1.29, 1.82) is 0 Å². The molecule has 1 atom stereocenters. The van der Waals surface area contributed by atoms with E-state index in [4.69, 9.17) is 11.5 Å². The van der Waals surface area contributed by atoms with E-state index in [1.165, 1.54) is 0 Å². The summed E-state index contributed by atoms with van der Waals surface area (Å²) >= 11 is 0. The third kappa shape index (κ3) is 3.25. The first-order chi connectivity index (χ1) is 7.00. The Hall–Kier alpha value is -1.55. The minimum absolute atomic E-state index is 0.182. The monoisotopic (exact) mass is 207 g/mol. The van der Waals surface area contributed by atoms with Gasteiger partial charge in [-0.3, -0.25) is 4.79 Å². The van der Waals surface area contributed by atoms with Gasteiger partial charge in [0.1, 0.15) is 0 Å². The van der Waals surface area contributed by atoms with Crippen LogP contribution in [0.15, 0.2) is 24.3 Å². The molecule has 4 heteroatoms. The van der Waals surface area contributed by atoms with Gasteiger partial charge in [-0.25, -0.2) is 0 Å². The van der Waals surface area contributed by atoms with Crippen molar-refractivity contribution in [2.75, 3.05) is 19.0 Å². The van der Waals surface area contributed by atoms with Gasteiger partial charge >= 0.3 is 0 Å². The number of rotatable bonds is 4. The van der Waals surface area contributed by atoms with Crippen molar-refractivity contribution in [2.45, 2.75) is 12.5 Å². The number of nitrogens with zero attached hydrogens (tertiary/aromatic N) is 1. The Bertz CT molecular complexity index is 332. The fourth-order valence-electron chi connectivity index (χ4n) is 1.35. The predicted molar refractivity (Wildman–Crippen MR) is 61.5 cm³/mol. The Morgan fingerprint density at radius 3 is 2.27 bits per heavy atom. The highest BCUT2D eigenvalue weighted by molar-refractivity contribution is 5.74. The number of carbonyl (C=O) groups excluding carboxylic acids is 1. The predicted octanol–water partition coefficient (Wildman–Crippen LogP) is 0.628. The van der Waals surface area contributed by atoms with Crippen LogP contribution >= 0.6 is 0 Å². The van der Waals surface area contributed by atoms with Crippen molar-refractivity contribution < 1.29 is 4.79 Å². The summed E-state index contributed by atoms with van der Waals surface area (Å²) in [6.45, 7) is 0. The van der Waals surface area contributed by atoms with Crippen molar-refractivity contribution in [1.82, 2.24) is 0 Å². The number of primary amides is 1. The number of benzene rings is 1. The molecular formula is C11H17N3O. The van der Waals surface area contributed by atoms with Crippen LogP contribution in [0, 0.1) is 0 Å². The average Bonchev–Trinajstić information content (AvgIpc) is 2.17. The molecule has 0 aromatic heterocycles. The van der Waals surface area contributed by atoms with Gasteiger partial charge in [0.15, 0.2) is 0 Å². The maximum Gasteiger partial charge on any atom is 0.219 e. The van der Waals surface area contributed by atoms with E-state index < -0.39 is 0 Å². The lowest BCUT2D eigenvalue weighted by molar-refractivity contribution is -0.118. The molecule has 0 spiro atoms. The summed E-state index contributed by atoms with van der Waals surface area (Å²) in [4.78, 5) is 12.7. The summed E-state index contributed by atoms with van der Waals surface area (Å²) in [5.74, 6) is -0.376. The second kappa shape index (κ2) is 4.79. The van der Waals surface area contributed by atoms with Gasteiger partial charge in [-0.2, -0.15) is 0 Å². The highest BCUT2D eigenvalue weighted by atomic mass is 16.1. The molecule has 0 saturated carbocycles. The van der Waals surface area contributed by atoms with Crippen LogP contribution in [0.5, 0.6) is 0 Å². The molecule has 1 aromatic carbocycles. The van der Waals surface area contributed by atoms with Gasteiger partial charge in [0, 0.05) is 32.2 Å². The van der Waals surface area contributed by atoms with E-state index in [-0.39, 0.29) is 18.4 Å². The number of carbonyl (C=O) groups is 1. The molecule has 0 heterocycles. The highest BCUT2D eigenvalue weighted by Gasteiger charge is 2.08. The molecule has 1 rings (SSSR count). The summed E-state index contributed by atoms with van der Waals surface area (Å²) in [5.41, 5.74) is 12.9. The summed E-state index contributed by atoms with van der Waals surface area (Å²) in [5, 5.41) is 0. The van der Waals surface area contributed by atoms with Crippen LogP contribution in [0.25, 0.3) is 0 Å². The molecule has 82 valence electrons. The van der Waals surface area contributed by atoms with Crippen LogP contribution in [0.3, 0.4) is 0 Å². The van der Waals surface area contributed by atoms with E-state index in [9.17, 15) is 4.79 Å². The molecule has 1 unspecified atom stereocenters. The minimum atomic E-state index is -0.376. The zero-order chi connectivity index (χ0) is 11.4. The smallest absolute Gasteiger partial charge is 0.219 e. The number of hydrogen-bond acceptors (Lipinski definition) is 3. The van der Waals surface area contributed by atoms with Gasteiger partial charge in [-0.1, -0.05) is 12.1 Å². The van der Waals surface area contributed by atoms with E-state index in [1.807, 2.05) is 43.3 Å². The normalized spacial score (nSPS) is 12.2. The molecule has 4 nitrogen and oxygen atoms in total. The van der Waals surface area contributed by atoms with Crippen LogP contribution < -0.4 is 16.4 Å². The van der Waals surface area contributed by atoms with Crippen molar-refractivity contribution in [3.8, 4) is 0 Å². The van der Waals surface area contributed by atoms with E-state index in [2.05, 4.69) is 0 Å². The lowest BCUT2D eigenvalue weighted by atomic mass is 10.0. The SMILES string of the molecule is CN(C)c1ccc(C(N)CC(N)=O)cc1. The second-order valence-corrected chi connectivity index (χ2v) is 3.76. The van der Waals surface area contributed by atoms with Gasteiger partial charge in [0.2, 0.25) is 5.91 Å². The number of nitrogens with two attached hydrogens (primary N) is 2. The largest absolute Gasteiger partial charge is 0.378 e. The zero-order valence-corrected chi connectivity index (χ0v) is 9.10. The van der Waals surface area contributed by atoms with Crippen LogP contribution in [0.2, 0.25) is 0 Å². The first-order valence-corrected chi connectivity index (χ1v) is 4.82. The van der Waals surface area contributed by atoms with Crippen molar-refractivity contribution in [3.05, 3.63) is 29.8 Å². The van der Waals surface area contributed by atoms with E-state index in [1.54, 1.807) is 0 Å². The van der Waals surface area contributed by atoms with Crippen molar-refractivity contribution in [2.24, 2.45) is 11.5 Å². The molecule has 0 saturated heterocycles. The Morgan fingerprint density at radius 2 is 1.87 bits per heavy atom. The quantitative estimate of drug-likeness (QED) is 0.760. The Morgan fingerprint density at radius 1 is 1.33 bits per heavy atom. The molecule has 0 radical (unpaired) electrons. The molecule has 1 aromatic rings. The topological polar surface area (TPSA) is 72.3 Å². The van der Waals surface area contributed by atoms with E-state index in [0.717, 1.165) is 11.3 Å². The fourth-order valence-corrected chi connectivity index (χ4v) is 1.35. The molecule has 0 aliphatic heterocycles. The Labute approximate surface area is 89.9 Å². The molecule has 4 N–H and O–H groups in total. The lowest BCUT2D eigenvalue weighted by Gasteiger charge is -2.14. The van der Waals surface area contributed by atoms with E-state index >= 15 is 0 Å². The van der Waals surface area contributed by atoms with Crippen LogP contribution in [0.1, 0.15) is 18.0 Å². The molecule has 0 fully saturated rings. The van der Waals surface area contributed by atoms with Gasteiger partial charge in [0.25, 0.3) is 0 Å². The Kier molecular flexibility index (Phi) is 3.68. The van der Waals surface area contributed by atoms with Crippen LogP contribution in [-0.2, 0) is 4.79 Å². The lowest BCUT2D eigenvalue weighted by Crippen LogP contribution is -2.20. The maximum atomic E-state index is 10.7. The highest BCUT2D eigenvalue weighted by Crippen LogP contribution is 2.18. The van der Waals surface area contributed by atoms with Gasteiger partial charge < -0.3 is 16.4 Å². The molecule has 0 aliphatic carbocycles. The first-order valence-electron chi connectivity index (χ1n) is 4.82. The standard InChI is InChI=1S/C11H17N3O/c1-14(2)9-5-3-8(4-6-9)10(12)7-11(13)15/h3-6,10H,7,12H2,1-2H3,(H2,13,15). The zero-order valence-electron chi connectivity index (χ0n) is 9.10. The Balaban J connectivity index is 2.75. The van der Waals surface area contributed by atoms with E-state index in [0.29, 0.717) is 0 Å². The molecule has 0 aliphatic rings. The minimum Gasteiger partial charge on any atom is -0.378 e. The average molecular weight is 207 g/mol. The van der Waals surface area contributed by atoms with Gasteiger partial charge in [-0.05, 0) is 17.7 Å². The van der Waals surface area contributed by atoms with Gasteiger partial charge in [0.05, 0.1) is 0 Å². The summed E-state index contributed by atoms with van der Waals surface area (Å²) in [6, 6.07) is 7.47. The van der Waals surface area contributed by atoms with Gasteiger partial charge in [-0.15, -0.1) is 0 Å². The van der Waals surface area contributed by atoms with Crippen LogP contribution in [-0.4, -0.2) is 20.0 Å². The van der Waals surface area contributed by atoms with Crippen molar-refractivity contribution >= 4 is 11.6 Å². The molecular weight excluding hydrogens is 190 g/mol. The summed E-state index contributed by atoms with van der Waals surface area (Å²) in [7, 11) is 3.94. The molecule has 1 amide bonds. The number of hydrogen-bond donors (Lipinski definition) is 2. The maximum absolute atomic E-state index is 10.7. The number of amides is 1. The second-order valence-electron chi connectivity index (χ2n) is 3.76.